The van der Waals surface area contributed by atoms with Crippen molar-refractivity contribution in [2.24, 2.45) is 0 Å². The molecule has 0 aliphatic rings. The summed E-state index contributed by atoms with van der Waals surface area (Å²) < 4.78 is 5.70. The van der Waals surface area contributed by atoms with Gasteiger partial charge in [-0.25, -0.2) is 0 Å². The van der Waals surface area contributed by atoms with E-state index in [-0.39, 0.29) is 25.8 Å². The van der Waals surface area contributed by atoms with Crippen LogP contribution in [0, 0.1) is 4.91 Å². The van der Waals surface area contributed by atoms with Crippen LogP contribution in [0.4, 0.5) is 5.69 Å². The van der Waals surface area contributed by atoms with E-state index in [0.29, 0.717) is 37.1 Å². The maximum atomic E-state index is 12.4. The maximum Gasteiger partial charge on any atom is 0.323 e. The number of carboxylic acids is 1. The topological polar surface area (TPSA) is 119 Å². The van der Waals surface area contributed by atoms with Gasteiger partial charge in [0.2, 0.25) is 0 Å². The van der Waals surface area contributed by atoms with E-state index in [1.54, 1.807) is 19.1 Å². The van der Waals surface area contributed by atoms with E-state index in [0.717, 1.165) is 15.9 Å². The second kappa shape index (κ2) is 15.1. The van der Waals surface area contributed by atoms with Crippen molar-refractivity contribution in [3.8, 4) is 0 Å². The fraction of sp³-hybridized carbons (Fsp3) is 0.619. The highest BCUT2D eigenvalue weighted by Crippen LogP contribution is 2.22. The molecule has 9 nitrogen and oxygen atoms in total. The van der Waals surface area contributed by atoms with E-state index in [1.165, 1.54) is 7.11 Å². The molecule has 0 amide bonds. The molecule has 1 aromatic carbocycles. The second-order valence-corrected chi connectivity index (χ2v) is 7.95. The molecule has 11 heteroatoms. The van der Waals surface area contributed by atoms with Gasteiger partial charge in [0.05, 0.1) is 7.11 Å². The van der Waals surface area contributed by atoms with Crippen molar-refractivity contribution in [1.29, 1.82) is 0 Å². The summed E-state index contributed by atoms with van der Waals surface area (Å²) in [5, 5.41) is 21.7. The van der Waals surface area contributed by atoms with Gasteiger partial charge in [0, 0.05) is 59.6 Å². The minimum atomic E-state index is -1.21. The number of hydrogen-bond acceptors (Lipinski definition) is 7. The number of methoxy groups -OCH3 is 1. The summed E-state index contributed by atoms with van der Waals surface area (Å²) in [7, 11) is 1.23. The SMILES string of the molecule is CC[N+](=O)c1ccc(CN(CCCl)CCCl)c(CC(NC(O)CCC(=O)O)C(=O)OC)c1. The van der Waals surface area contributed by atoms with E-state index < -0.39 is 24.2 Å². The molecule has 2 atom stereocenters. The van der Waals surface area contributed by atoms with Gasteiger partial charge < -0.3 is 14.9 Å². The third kappa shape index (κ3) is 9.79. The number of nitrogens with one attached hydrogen (secondary N) is 1. The van der Waals surface area contributed by atoms with Gasteiger partial charge >= 0.3 is 11.9 Å². The summed E-state index contributed by atoms with van der Waals surface area (Å²) in [6.45, 7) is 3.74. The molecular formula is C21H32Cl2N3O6+. The molecule has 180 valence electrons. The number of halogens is 2. The number of ether oxygens (including phenoxy) is 1. The summed E-state index contributed by atoms with van der Waals surface area (Å²) in [6, 6.07) is 4.33. The lowest BCUT2D eigenvalue weighted by Crippen LogP contribution is -2.45. The third-order valence-electron chi connectivity index (χ3n) is 4.90. The van der Waals surface area contributed by atoms with Crippen molar-refractivity contribution in [3.05, 3.63) is 34.2 Å². The first-order valence-corrected chi connectivity index (χ1v) is 11.5. The molecule has 0 heterocycles. The number of aliphatic hydroxyl groups excluding tert-OH is 1. The summed E-state index contributed by atoms with van der Waals surface area (Å²) in [4.78, 5) is 37.4. The standard InChI is InChI=1S/C21H31Cl2N3O6/c1-3-26(31)17-5-4-15(14-25(10-8-22)11-9-23)16(12-17)13-18(21(30)32-2)24-19(27)6-7-20(28)29/h4-5,12,18-19,24,27H,3,6-11,13-14H2,1-2H3/p+1. The number of aliphatic carboxylic acids is 1. The van der Waals surface area contributed by atoms with Crippen LogP contribution < -0.4 is 5.32 Å². The van der Waals surface area contributed by atoms with Crippen molar-refractivity contribution in [2.75, 3.05) is 38.5 Å². The first-order valence-electron chi connectivity index (χ1n) is 10.4. The van der Waals surface area contributed by atoms with Crippen LogP contribution in [0.2, 0.25) is 0 Å². The summed E-state index contributed by atoms with van der Waals surface area (Å²) in [6.07, 6.45) is -1.40. The van der Waals surface area contributed by atoms with Gasteiger partial charge in [-0.15, -0.1) is 23.2 Å². The average molecular weight is 493 g/mol. The number of carboxylic acid groups (broad SMARTS) is 1. The molecule has 0 radical (unpaired) electrons. The summed E-state index contributed by atoms with van der Waals surface area (Å²) in [5.74, 6) is -0.805. The molecule has 32 heavy (non-hydrogen) atoms. The minimum Gasteiger partial charge on any atom is -0.481 e. The average Bonchev–Trinajstić information content (AvgIpc) is 2.77. The highest BCUT2D eigenvalue weighted by molar-refractivity contribution is 6.18. The van der Waals surface area contributed by atoms with E-state index in [2.05, 4.69) is 10.2 Å². The van der Waals surface area contributed by atoms with E-state index in [9.17, 15) is 19.6 Å². The van der Waals surface area contributed by atoms with Crippen molar-refractivity contribution in [3.63, 3.8) is 0 Å². The Morgan fingerprint density at radius 2 is 1.88 bits per heavy atom. The lowest BCUT2D eigenvalue weighted by molar-refractivity contribution is -0.458. The third-order valence-corrected chi connectivity index (χ3v) is 5.23. The van der Waals surface area contributed by atoms with E-state index in [4.69, 9.17) is 33.0 Å². The van der Waals surface area contributed by atoms with Crippen molar-refractivity contribution in [1.82, 2.24) is 10.2 Å². The van der Waals surface area contributed by atoms with Gasteiger partial charge in [-0.05, 0) is 30.9 Å². The Balaban J connectivity index is 3.21. The first kappa shape index (κ1) is 28.3. The van der Waals surface area contributed by atoms with Crippen LogP contribution in [0.1, 0.15) is 30.9 Å². The lowest BCUT2D eigenvalue weighted by Gasteiger charge is -2.24. The monoisotopic (exact) mass is 492 g/mol. The number of carbonyl (C=O) groups is 2. The van der Waals surface area contributed by atoms with Crippen LogP contribution in [-0.4, -0.2) is 82.6 Å². The molecule has 0 spiro atoms. The second-order valence-electron chi connectivity index (χ2n) is 7.20. The van der Waals surface area contributed by atoms with Gasteiger partial charge in [-0.3, -0.25) is 19.8 Å². The number of benzene rings is 1. The minimum absolute atomic E-state index is 0.0703. The molecule has 0 fully saturated rings. The highest BCUT2D eigenvalue weighted by atomic mass is 35.5. The van der Waals surface area contributed by atoms with Gasteiger partial charge in [0.15, 0.2) is 6.54 Å². The predicted molar refractivity (Wildman–Crippen MR) is 123 cm³/mol. The number of carbonyl (C=O) groups excluding carboxylic acids is 1. The van der Waals surface area contributed by atoms with Crippen molar-refractivity contribution in [2.45, 2.75) is 45.0 Å². The Morgan fingerprint density at radius 1 is 1.22 bits per heavy atom. The van der Waals surface area contributed by atoms with E-state index in [1.807, 2.05) is 6.07 Å². The number of aliphatic hydroxyl groups is 1. The first-order chi connectivity index (χ1) is 15.2. The molecule has 1 aromatic rings. The predicted octanol–water partition coefficient (Wildman–Crippen LogP) is 2.25. The molecule has 1 rings (SSSR count). The molecule has 0 aliphatic carbocycles. The Morgan fingerprint density at radius 3 is 2.41 bits per heavy atom. The zero-order valence-corrected chi connectivity index (χ0v) is 19.9. The Bertz CT molecular complexity index is 759. The molecule has 3 N–H and O–H groups in total. The summed E-state index contributed by atoms with van der Waals surface area (Å²) in [5.41, 5.74) is 2.05. The Labute approximate surface area is 198 Å². The normalized spacial score (nSPS) is 13.1. The van der Waals surface area contributed by atoms with Gasteiger partial charge in [-0.1, -0.05) is 6.07 Å². The highest BCUT2D eigenvalue weighted by Gasteiger charge is 2.25. The quantitative estimate of drug-likeness (QED) is 0.139. The van der Waals surface area contributed by atoms with Crippen LogP contribution in [0.5, 0.6) is 0 Å². The molecule has 2 unspecified atom stereocenters. The zero-order chi connectivity index (χ0) is 24.1. The van der Waals surface area contributed by atoms with Crippen LogP contribution in [0.15, 0.2) is 18.2 Å². The van der Waals surface area contributed by atoms with Gasteiger partial charge in [-0.2, -0.15) is 0 Å². The molecule has 0 saturated heterocycles. The van der Waals surface area contributed by atoms with Crippen molar-refractivity contribution >= 4 is 40.8 Å². The smallest absolute Gasteiger partial charge is 0.323 e. The largest absolute Gasteiger partial charge is 0.481 e. The number of esters is 1. The van der Waals surface area contributed by atoms with E-state index >= 15 is 0 Å². The van der Waals surface area contributed by atoms with Crippen LogP contribution in [0.3, 0.4) is 0 Å². The van der Waals surface area contributed by atoms with Crippen molar-refractivity contribution < 1.29 is 29.3 Å². The maximum absolute atomic E-state index is 12.4. The summed E-state index contributed by atoms with van der Waals surface area (Å²) >= 11 is 11.8. The van der Waals surface area contributed by atoms with Gasteiger partial charge in [0.1, 0.15) is 12.3 Å². The number of hydrogen-bond donors (Lipinski definition) is 3. The number of alkyl halides is 2. The number of rotatable bonds is 16. The molecule has 0 saturated carbocycles. The number of nitroso groups, excluding NO2 is 1. The Kier molecular flexibility index (Phi) is 13.4. The fourth-order valence-electron chi connectivity index (χ4n) is 3.19. The number of nitrogens with zero attached hydrogens (tertiary/aromatic N) is 2. The molecule has 0 aliphatic heterocycles. The lowest BCUT2D eigenvalue weighted by atomic mass is 9.98. The fourth-order valence-corrected chi connectivity index (χ4v) is 3.67. The van der Waals surface area contributed by atoms with Crippen LogP contribution in [-0.2, 0) is 27.3 Å². The van der Waals surface area contributed by atoms with Crippen LogP contribution in [0.25, 0.3) is 0 Å². The zero-order valence-electron chi connectivity index (χ0n) is 18.4. The molecule has 0 aromatic heterocycles. The molecular weight excluding hydrogens is 461 g/mol. The molecule has 0 bridgehead atoms. The van der Waals surface area contributed by atoms with Gasteiger partial charge in [0.25, 0.3) is 5.69 Å². The van der Waals surface area contributed by atoms with Crippen LogP contribution >= 0.6 is 23.2 Å². The Hall–Kier alpha value is -1.78.